The van der Waals surface area contributed by atoms with Crippen LogP contribution >= 0.6 is 0 Å². The van der Waals surface area contributed by atoms with Gasteiger partial charge in [-0.05, 0) is 71.1 Å². The number of carbonyl (C=O) groups is 3. The molecule has 0 radical (unpaired) electrons. The highest BCUT2D eigenvalue weighted by molar-refractivity contribution is 5.92. The van der Waals surface area contributed by atoms with Gasteiger partial charge in [0.15, 0.2) is 0 Å². The van der Waals surface area contributed by atoms with Crippen molar-refractivity contribution in [1.29, 1.82) is 0 Å². The molecule has 1 aliphatic rings. The van der Waals surface area contributed by atoms with E-state index in [2.05, 4.69) is 10.6 Å². The minimum atomic E-state index is -0.960. The highest BCUT2D eigenvalue weighted by atomic mass is 16.6. The molecule has 1 fully saturated rings. The summed E-state index contributed by atoms with van der Waals surface area (Å²) >= 11 is 0. The lowest BCUT2D eigenvalue weighted by Crippen LogP contribution is -2.57. The van der Waals surface area contributed by atoms with Crippen LogP contribution in [-0.2, 0) is 14.3 Å². The molecule has 0 aromatic heterocycles. The number of phenols is 1. The molecule has 0 bridgehead atoms. The molecule has 2 unspecified atom stereocenters. The van der Waals surface area contributed by atoms with Crippen molar-refractivity contribution in [3.63, 3.8) is 0 Å². The van der Waals surface area contributed by atoms with Crippen molar-refractivity contribution in [2.45, 2.75) is 110 Å². The lowest BCUT2D eigenvalue weighted by molar-refractivity contribution is -0.145. The predicted molar refractivity (Wildman–Crippen MR) is 136 cm³/mol. The second-order valence-corrected chi connectivity index (χ2v) is 11.0. The van der Waals surface area contributed by atoms with Crippen molar-refractivity contribution < 1.29 is 24.2 Å². The van der Waals surface area contributed by atoms with Gasteiger partial charge in [-0.15, -0.1) is 0 Å². The molecule has 0 aliphatic heterocycles. The largest absolute Gasteiger partial charge is 0.508 e. The van der Waals surface area contributed by atoms with E-state index >= 15 is 0 Å². The summed E-state index contributed by atoms with van der Waals surface area (Å²) in [6.45, 7) is 12.6. The number of phenolic OH excluding ortho intramolecular Hbond substituents is 1. The topological polar surface area (TPSA) is 108 Å². The number of nitrogens with one attached hydrogen (secondary N) is 2. The van der Waals surface area contributed by atoms with Gasteiger partial charge in [0.2, 0.25) is 11.8 Å². The summed E-state index contributed by atoms with van der Waals surface area (Å²) in [5.74, 6) is -0.902. The number of benzene rings is 1. The first kappa shape index (κ1) is 28.5. The standard InChI is InChI=1S/C27H43N3O5/c1-17(2)22(29-26(34)35-27(5,6)7)25(33)30(18(3)4)23(19-12-11-15-21(31)16-19)24(32)28-20-13-9-8-10-14-20/h11-12,15-18,20,22-23,31H,8-10,13-14H2,1-7H3,(H,28,32)(H,29,34). The Labute approximate surface area is 209 Å². The Bertz CT molecular complexity index is 872. The van der Waals surface area contributed by atoms with Crippen LogP contribution in [0.1, 0.15) is 92.2 Å². The summed E-state index contributed by atoms with van der Waals surface area (Å²) < 4.78 is 5.38. The molecule has 3 amide bonds. The lowest BCUT2D eigenvalue weighted by Gasteiger charge is -2.39. The van der Waals surface area contributed by atoms with Crippen molar-refractivity contribution in [2.75, 3.05) is 0 Å². The van der Waals surface area contributed by atoms with E-state index in [9.17, 15) is 19.5 Å². The van der Waals surface area contributed by atoms with Crippen LogP contribution in [0.25, 0.3) is 0 Å². The van der Waals surface area contributed by atoms with Gasteiger partial charge in [-0.25, -0.2) is 4.79 Å². The SMILES string of the molecule is CC(C)C(NC(=O)OC(C)(C)C)C(=O)N(C(C)C)C(C(=O)NC1CCCCC1)c1cccc(O)c1. The number of carbonyl (C=O) groups excluding carboxylic acids is 3. The molecule has 1 saturated carbocycles. The van der Waals surface area contributed by atoms with Crippen molar-refractivity contribution >= 4 is 17.9 Å². The number of aromatic hydroxyl groups is 1. The van der Waals surface area contributed by atoms with E-state index in [4.69, 9.17) is 4.74 Å². The average Bonchev–Trinajstić information content (AvgIpc) is 2.74. The van der Waals surface area contributed by atoms with E-state index in [1.807, 2.05) is 27.7 Å². The number of amides is 3. The summed E-state index contributed by atoms with van der Waals surface area (Å²) in [5.41, 5.74) is -0.198. The van der Waals surface area contributed by atoms with Gasteiger partial charge in [-0.1, -0.05) is 45.2 Å². The van der Waals surface area contributed by atoms with E-state index in [0.29, 0.717) is 5.56 Å². The minimum Gasteiger partial charge on any atom is -0.508 e. The van der Waals surface area contributed by atoms with Gasteiger partial charge in [0.1, 0.15) is 23.4 Å². The third-order valence-electron chi connectivity index (χ3n) is 6.08. The Morgan fingerprint density at radius 1 is 1.06 bits per heavy atom. The molecule has 1 aliphatic carbocycles. The van der Waals surface area contributed by atoms with E-state index in [0.717, 1.165) is 32.1 Å². The van der Waals surface area contributed by atoms with Gasteiger partial charge in [0, 0.05) is 12.1 Å². The second kappa shape index (κ2) is 12.3. The highest BCUT2D eigenvalue weighted by Crippen LogP contribution is 2.29. The zero-order chi connectivity index (χ0) is 26.3. The third kappa shape index (κ3) is 8.44. The van der Waals surface area contributed by atoms with Crippen LogP contribution in [0.15, 0.2) is 24.3 Å². The molecule has 8 nitrogen and oxygen atoms in total. The monoisotopic (exact) mass is 489 g/mol. The average molecular weight is 490 g/mol. The number of nitrogens with zero attached hydrogens (tertiary/aromatic N) is 1. The maximum absolute atomic E-state index is 13.9. The Kier molecular flexibility index (Phi) is 9.98. The molecule has 1 aromatic rings. The third-order valence-corrected chi connectivity index (χ3v) is 6.08. The Morgan fingerprint density at radius 2 is 1.69 bits per heavy atom. The van der Waals surface area contributed by atoms with Crippen LogP contribution in [0.3, 0.4) is 0 Å². The normalized spacial score (nSPS) is 16.5. The highest BCUT2D eigenvalue weighted by Gasteiger charge is 2.39. The zero-order valence-corrected chi connectivity index (χ0v) is 22.3. The number of alkyl carbamates (subject to hydrolysis) is 1. The van der Waals surface area contributed by atoms with Gasteiger partial charge < -0.3 is 25.4 Å². The molecule has 2 atom stereocenters. The maximum Gasteiger partial charge on any atom is 0.408 e. The first-order valence-electron chi connectivity index (χ1n) is 12.7. The molecule has 0 heterocycles. The van der Waals surface area contributed by atoms with Crippen LogP contribution in [0.5, 0.6) is 5.75 Å². The molecule has 196 valence electrons. The number of rotatable bonds is 8. The minimum absolute atomic E-state index is 0.0152. The van der Waals surface area contributed by atoms with Gasteiger partial charge in [0.05, 0.1) is 0 Å². The predicted octanol–water partition coefficient (Wildman–Crippen LogP) is 4.67. The molecule has 3 N–H and O–H groups in total. The first-order valence-corrected chi connectivity index (χ1v) is 12.7. The quantitative estimate of drug-likeness (QED) is 0.492. The van der Waals surface area contributed by atoms with Gasteiger partial charge in [-0.2, -0.15) is 0 Å². The number of hydrogen-bond donors (Lipinski definition) is 3. The van der Waals surface area contributed by atoms with Crippen molar-refractivity contribution in [2.24, 2.45) is 5.92 Å². The van der Waals surface area contributed by atoms with E-state index in [1.165, 1.54) is 17.0 Å². The number of ether oxygens (including phenoxy) is 1. The molecule has 35 heavy (non-hydrogen) atoms. The molecule has 8 heteroatoms. The maximum atomic E-state index is 13.9. The van der Waals surface area contributed by atoms with Crippen LogP contribution in [0.2, 0.25) is 0 Å². The van der Waals surface area contributed by atoms with Crippen molar-refractivity contribution in [3.05, 3.63) is 29.8 Å². The Balaban J connectivity index is 2.42. The Hall–Kier alpha value is -2.77. The smallest absolute Gasteiger partial charge is 0.408 e. The summed E-state index contributed by atoms with van der Waals surface area (Å²) in [7, 11) is 0. The van der Waals surface area contributed by atoms with Crippen molar-refractivity contribution in [1.82, 2.24) is 15.5 Å². The summed E-state index contributed by atoms with van der Waals surface area (Å²) in [5, 5.41) is 16.0. The van der Waals surface area contributed by atoms with E-state index < -0.39 is 23.8 Å². The van der Waals surface area contributed by atoms with Crippen LogP contribution in [-0.4, -0.2) is 51.6 Å². The fourth-order valence-corrected chi connectivity index (χ4v) is 4.45. The van der Waals surface area contributed by atoms with Gasteiger partial charge in [-0.3, -0.25) is 9.59 Å². The zero-order valence-electron chi connectivity index (χ0n) is 22.3. The second-order valence-electron chi connectivity index (χ2n) is 11.0. The van der Waals surface area contributed by atoms with Crippen LogP contribution in [0, 0.1) is 5.92 Å². The molecular weight excluding hydrogens is 446 g/mol. The molecular formula is C27H43N3O5. The van der Waals surface area contributed by atoms with E-state index in [-0.39, 0.29) is 35.6 Å². The lowest BCUT2D eigenvalue weighted by atomic mass is 9.94. The first-order chi connectivity index (χ1) is 16.3. The van der Waals surface area contributed by atoms with Gasteiger partial charge in [0.25, 0.3) is 0 Å². The molecule has 1 aromatic carbocycles. The molecule has 2 rings (SSSR count). The molecule has 0 spiro atoms. The fourth-order valence-electron chi connectivity index (χ4n) is 4.45. The summed E-state index contributed by atoms with van der Waals surface area (Å²) in [4.78, 5) is 41.7. The number of hydrogen-bond acceptors (Lipinski definition) is 5. The summed E-state index contributed by atoms with van der Waals surface area (Å²) in [6.07, 6.45) is 4.40. The summed E-state index contributed by atoms with van der Waals surface area (Å²) in [6, 6.07) is 4.29. The van der Waals surface area contributed by atoms with Gasteiger partial charge >= 0.3 is 6.09 Å². The fraction of sp³-hybridized carbons (Fsp3) is 0.667. The van der Waals surface area contributed by atoms with E-state index in [1.54, 1.807) is 32.9 Å². The van der Waals surface area contributed by atoms with Crippen molar-refractivity contribution in [3.8, 4) is 5.75 Å². The molecule has 0 saturated heterocycles. The van der Waals surface area contributed by atoms with Crippen LogP contribution in [0.4, 0.5) is 4.79 Å². The Morgan fingerprint density at radius 3 is 2.20 bits per heavy atom. The van der Waals surface area contributed by atoms with Crippen LogP contribution < -0.4 is 10.6 Å².